The average molecular weight is 563 g/mol. The van der Waals surface area contributed by atoms with Crippen molar-refractivity contribution in [2.45, 2.75) is 44.6 Å². The van der Waals surface area contributed by atoms with Crippen LogP contribution in [0.15, 0.2) is 59.5 Å². The highest BCUT2D eigenvalue weighted by molar-refractivity contribution is 7.89. The van der Waals surface area contributed by atoms with Crippen LogP contribution in [0, 0.1) is 10.8 Å². The minimum absolute atomic E-state index is 0.0436. The summed E-state index contributed by atoms with van der Waals surface area (Å²) in [7, 11) is -4.13. The summed E-state index contributed by atoms with van der Waals surface area (Å²) < 4.78 is 43.2. The molecule has 0 aliphatic heterocycles. The number of carbonyl (C=O) groups excluding carboxylic acids is 3. The lowest BCUT2D eigenvalue weighted by molar-refractivity contribution is -0.174. The van der Waals surface area contributed by atoms with Crippen LogP contribution in [0.3, 0.4) is 0 Å². The molecule has 212 valence electrons. The van der Waals surface area contributed by atoms with Crippen molar-refractivity contribution in [3.63, 3.8) is 0 Å². The lowest BCUT2D eigenvalue weighted by Crippen LogP contribution is -2.49. The van der Waals surface area contributed by atoms with Crippen molar-refractivity contribution in [1.29, 1.82) is 5.41 Å². The Balaban J connectivity index is 1.91. The maximum atomic E-state index is 12.8. The number of benzene rings is 2. The van der Waals surface area contributed by atoms with E-state index in [1.807, 2.05) is 0 Å². The normalized spacial score (nSPS) is 12.2. The fraction of sp³-hybridized carbons (Fsp3) is 0.385. The highest BCUT2D eigenvalue weighted by atomic mass is 32.2. The Bertz CT molecular complexity index is 1240. The number of hydrogen-bond acceptors (Lipinski definition) is 9. The molecule has 0 aliphatic carbocycles. The SMILES string of the molecule is CC(C)(C)C(=O)OCOC(=O)[C@H](CNC(=O)CCCOc1ccc(C(=N)N)cc1)NS(=O)(=O)c1ccccc1. The van der Waals surface area contributed by atoms with E-state index in [0.29, 0.717) is 17.7 Å². The quantitative estimate of drug-likeness (QED) is 0.0873. The van der Waals surface area contributed by atoms with Crippen molar-refractivity contribution in [3.05, 3.63) is 60.2 Å². The maximum absolute atomic E-state index is 12.8. The van der Waals surface area contributed by atoms with E-state index in [4.69, 9.17) is 25.4 Å². The van der Waals surface area contributed by atoms with Crippen molar-refractivity contribution >= 4 is 33.7 Å². The summed E-state index contributed by atoms with van der Waals surface area (Å²) in [5.41, 5.74) is 5.15. The van der Waals surface area contributed by atoms with E-state index in [-0.39, 0.29) is 23.8 Å². The Morgan fingerprint density at radius 3 is 2.23 bits per heavy atom. The lowest BCUT2D eigenvalue weighted by Gasteiger charge is -2.20. The van der Waals surface area contributed by atoms with Crippen LogP contribution in [0.4, 0.5) is 0 Å². The van der Waals surface area contributed by atoms with Crippen LogP contribution in [0.5, 0.6) is 5.75 Å². The molecular weight excluding hydrogens is 528 g/mol. The summed E-state index contributed by atoms with van der Waals surface area (Å²) in [5, 5.41) is 9.90. The Labute approximate surface area is 227 Å². The van der Waals surface area contributed by atoms with Gasteiger partial charge in [0.15, 0.2) is 0 Å². The zero-order chi connectivity index (χ0) is 29.1. The molecule has 2 rings (SSSR count). The Morgan fingerprint density at radius 2 is 1.64 bits per heavy atom. The van der Waals surface area contributed by atoms with E-state index in [1.54, 1.807) is 51.1 Å². The zero-order valence-electron chi connectivity index (χ0n) is 22.1. The second kappa shape index (κ2) is 14.3. The highest BCUT2D eigenvalue weighted by Crippen LogP contribution is 2.15. The summed E-state index contributed by atoms with van der Waals surface area (Å²) in [6.07, 6.45) is 0.385. The topological polar surface area (TPSA) is 187 Å². The van der Waals surface area contributed by atoms with E-state index in [0.717, 1.165) is 0 Å². The van der Waals surface area contributed by atoms with E-state index in [1.165, 1.54) is 24.3 Å². The first-order chi connectivity index (χ1) is 18.3. The first-order valence-corrected chi connectivity index (χ1v) is 13.5. The van der Waals surface area contributed by atoms with Crippen molar-refractivity contribution in [2.24, 2.45) is 11.1 Å². The molecule has 0 bridgehead atoms. The van der Waals surface area contributed by atoms with Crippen LogP contribution < -0.4 is 20.5 Å². The summed E-state index contributed by atoms with van der Waals surface area (Å²) in [6, 6.07) is 12.5. The summed E-state index contributed by atoms with van der Waals surface area (Å²) >= 11 is 0. The second-order valence-electron chi connectivity index (χ2n) is 9.44. The molecule has 13 heteroatoms. The minimum Gasteiger partial charge on any atom is -0.494 e. The first-order valence-electron chi connectivity index (χ1n) is 12.0. The molecule has 0 saturated carbocycles. The van der Waals surface area contributed by atoms with Crippen LogP contribution in [0.25, 0.3) is 0 Å². The van der Waals surface area contributed by atoms with Gasteiger partial charge in [0, 0.05) is 18.5 Å². The molecule has 0 spiro atoms. The Hall–Kier alpha value is -3.97. The molecule has 0 heterocycles. The van der Waals surface area contributed by atoms with Crippen molar-refractivity contribution in [1.82, 2.24) is 10.0 Å². The molecule has 0 unspecified atom stereocenters. The number of rotatable bonds is 14. The second-order valence-corrected chi connectivity index (χ2v) is 11.2. The molecule has 1 atom stereocenters. The molecule has 1 amide bonds. The van der Waals surface area contributed by atoms with E-state index >= 15 is 0 Å². The highest BCUT2D eigenvalue weighted by Gasteiger charge is 2.29. The van der Waals surface area contributed by atoms with Gasteiger partial charge in [0.1, 0.15) is 17.6 Å². The Morgan fingerprint density at radius 1 is 1.00 bits per heavy atom. The average Bonchev–Trinajstić information content (AvgIpc) is 2.89. The van der Waals surface area contributed by atoms with Crippen LogP contribution >= 0.6 is 0 Å². The molecule has 0 aliphatic rings. The molecule has 39 heavy (non-hydrogen) atoms. The zero-order valence-corrected chi connectivity index (χ0v) is 22.9. The van der Waals surface area contributed by atoms with Gasteiger partial charge in [-0.25, -0.2) is 8.42 Å². The lowest BCUT2D eigenvalue weighted by atomic mass is 9.98. The molecule has 2 aromatic rings. The summed E-state index contributed by atoms with van der Waals surface area (Å²) in [4.78, 5) is 36.8. The molecule has 2 aromatic carbocycles. The van der Waals surface area contributed by atoms with E-state index in [2.05, 4.69) is 10.0 Å². The number of ether oxygens (including phenoxy) is 3. The van der Waals surface area contributed by atoms with Crippen molar-refractivity contribution in [2.75, 3.05) is 19.9 Å². The predicted octanol–water partition coefficient (Wildman–Crippen LogP) is 1.68. The third-order valence-electron chi connectivity index (χ3n) is 5.12. The maximum Gasteiger partial charge on any atom is 0.328 e. The van der Waals surface area contributed by atoms with Gasteiger partial charge < -0.3 is 25.3 Å². The monoisotopic (exact) mass is 562 g/mol. The van der Waals surface area contributed by atoms with Gasteiger partial charge in [-0.3, -0.25) is 19.8 Å². The standard InChI is InChI=1S/C26H34N4O8S/c1-26(2,3)25(33)38-17-37-24(32)21(30-39(34,35)20-8-5-4-6-9-20)16-29-22(31)10-7-15-36-19-13-11-18(12-14-19)23(27)28/h4-6,8-9,11-14,21,30H,7,10,15-17H2,1-3H3,(H3,27,28)(H,29,31)/t21-/m0/s1. The molecule has 12 nitrogen and oxygen atoms in total. The number of sulfonamides is 1. The minimum atomic E-state index is -4.13. The molecule has 0 radical (unpaired) electrons. The van der Waals surface area contributed by atoms with Crippen molar-refractivity contribution in [3.8, 4) is 5.75 Å². The number of esters is 2. The number of hydrogen-bond donors (Lipinski definition) is 4. The largest absolute Gasteiger partial charge is 0.494 e. The van der Waals surface area contributed by atoms with Gasteiger partial charge in [-0.1, -0.05) is 18.2 Å². The van der Waals surface area contributed by atoms with Gasteiger partial charge in [0.05, 0.1) is 16.9 Å². The van der Waals surface area contributed by atoms with E-state index < -0.39 is 52.7 Å². The smallest absolute Gasteiger partial charge is 0.328 e. The number of nitrogen functional groups attached to an aromatic ring is 1. The fourth-order valence-corrected chi connectivity index (χ4v) is 4.15. The molecular formula is C26H34N4O8S. The molecule has 5 N–H and O–H groups in total. The summed E-state index contributed by atoms with van der Waals surface area (Å²) in [6.45, 7) is 3.98. The molecule has 0 saturated heterocycles. The van der Waals surface area contributed by atoms with Gasteiger partial charge in [0.2, 0.25) is 22.7 Å². The van der Waals surface area contributed by atoms with Crippen LogP contribution in [0.2, 0.25) is 0 Å². The third-order valence-corrected chi connectivity index (χ3v) is 6.61. The molecule has 0 aromatic heterocycles. The number of nitrogens with one attached hydrogen (secondary N) is 3. The van der Waals surface area contributed by atoms with Gasteiger partial charge in [-0.15, -0.1) is 0 Å². The van der Waals surface area contributed by atoms with Gasteiger partial charge in [-0.05, 0) is 63.6 Å². The van der Waals surface area contributed by atoms with Crippen molar-refractivity contribution < 1.29 is 37.0 Å². The van der Waals surface area contributed by atoms with Gasteiger partial charge >= 0.3 is 11.9 Å². The fourth-order valence-electron chi connectivity index (χ4n) is 2.94. The number of carbonyl (C=O) groups is 3. The summed E-state index contributed by atoms with van der Waals surface area (Å²) in [5.74, 6) is -1.60. The van der Waals surface area contributed by atoms with Crippen LogP contribution in [-0.4, -0.2) is 58.1 Å². The van der Waals surface area contributed by atoms with Crippen LogP contribution in [-0.2, 0) is 33.9 Å². The van der Waals surface area contributed by atoms with Crippen LogP contribution in [0.1, 0.15) is 39.2 Å². The van der Waals surface area contributed by atoms with Gasteiger partial charge in [-0.2, -0.15) is 4.72 Å². The predicted molar refractivity (Wildman–Crippen MR) is 142 cm³/mol. The Kier molecular flexibility index (Phi) is 11.4. The third kappa shape index (κ3) is 10.7. The first kappa shape index (κ1) is 31.2. The number of amidine groups is 1. The van der Waals surface area contributed by atoms with Gasteiger partial charge in [0.25, 0.3) is 0 Å². The number of nitrogens with two attached hydrogens (primary N) is 1. The molecule has 0 fully saturated rings. The van der Waals surface area contributed by atoms with E-state index in [9.17, 15) is 22.8 Å². The number of amides is 1.